The van der Waals surface area contributed by atoms with Gasteiger partial charge in [-0.3, -0.25) is 19.8 Å². The molecule has 1 fully saturated rings. The van der Waals surface area contributed by atoms with E-state index in [1.54, 1.807) is 6.08 Å². The van der Waals surface area contributed by atoms with Crippen LogP contribution in [0.25, 0.3) is 6.08 Å². The molecule has 6 nitrogen and oxygen atoms in total. The molecule has 33 heavy (non-hydrogen) atoms. The number of nitrogens with zero attached hydrogens (tertiary/aromatic N) is 2. The maximum Gasteiger partial charge on any atom is 0.331 e. The molecule has 2 aromatic carbocycles. The van der Waals surface area contributed by atoms with E-state index in [1.165, 1.54) is 16.8 Å². The highest BCUT2D eigenvalue weighted by molar-refractivity contribution is 6.31. The minimum Gasteiger partial charge on any atom is -0.367 e. The largest absolute Gasteiger partial charge is 0.367 e. The molecule has 1 saturated heterocycles. The summed E-state index contributed by atoms with van der Waals surface area (Å²) in [6.07, 6.45) is 7.45. The average molecular weight is 446 g/mol. The van der Waals surface area contributed by atoms with Gasteiger partial charge in [0.15, 0.2) is 0 Å². The molecule has 0 unspecified atom stereocenters. The SMILES string of the molecule is CCCCCCN1C(=O)NC(=O)/C(=C\c2ccc3c(c2)CCCN3Cc2ccccc2)C1=O. The Morgan fingerprint density at radius 2 is 1.82 bits per heavy atom. The maximum absolute atomic E-state index is 12.9. The zero-order valence-electron chi connectivity index (χ0n) is 19.2. The van der Waals surface area contributed by atoms with Gasteiger partial charge in [0, 0.05) is 25.3 Å². The summed E-state index contributed by atoms with van der Waals surface area (Å²) in [7, 11) is 0. The molecule has 2 aromatic rings. The van der Waals surface area contributed by atoms with Gasteiger partial charge in [-0.1, -0.05) is 62.6 Å². The second kappa shape index (κ2) is 10.5. The lowest BCUT2D eigenvalue weighted by molar-refractivity contribution is -0.130. The Balaban J connectivity index is 1.52. The number of hydrogen-bond donors (Lipinski definition) is 1. The van der Waals surface area contributed by atoms with Crippen molar-refractivity contribution in [1.82, 2.24) is 10.2 Å². The highest BCUT2D eigenvalue weighted by atomic mass is 16.2. The van der Waals surface area contributed by atoms with E-state index in [4.69, 9.17) is 0 Å². The number of anilines is 1. The van der Waals surface area contributed by atoms with Crippen LogP contribution in [0.3, 0.4) is 0 Å². The van der Waals surface area contributed by atoms with E-state index >= 15 is 0 Å². The lowest BCUT2D eigenvalue weighted by Crippen LogP contribution is -2.54. The van der Waals surface area contributed by atoms with Crippen LogP contribution in [0.15, 0.2) is 54.1 Å². The number of rotatable bonds is 8. The third-order valence-electron chi connectivity index (χ3n) is 6.27. The molecule has 0 bridgehead atoms. The van der Waals surface area contributed by atoms with Gasteiger partial charge in [-0.15, -0.1) is 0 Å². The molecule has 1 N–H and O–H groups in total. The summed E-state index contributed by atoms with van der Waals surface area (Å²) in [5.74, 6) is -1.14. The van der Waals surface area contributed by atoms with Crippen molar-refractivity contribution >= 4 is 29.6 Å². The van der Waals surface area contributed by atoms with Crippen LogP contribution in [0.4, 0.5) is 10.5 Å². The zero-order valence-corrected chi connectivity index (χ0v) is 19.2. The number of benzene rings is 2. The van der Waals surface area contributed by atoms with Crippen molar-refractivity contribution in [2.75, 3.05) is 18.0 Å². The maximum atomic E-state index is 12.9. The first-order valence-electron chi connectivity index (χ1n) is 11.9. The summed E-state index contributed by atoms with van der Waals surface area (Å²) in [5, 5.41) is 2.32. The van der Waals surface area contributed by atoms with Crippen LogP contribution in [-0.4, -0.2) is 35.8 Å². The predicted molar refractivity (Wildman–Crippen MR) is 130 cm³/mol. The number of aryl methyl sites for hydroxylation is 1. The molecule has 0 aromatic heterocycles. The minimum absolute atomic E-state index is 0.0157. The van der Waals surface area contributed by atoms with E-state index < -0.39 is 17.8 Å². The first-order valence-corrected chi connectivity index (χ1v) is 11.9. The van der Waals surface area contributed by atoms with E-state index in [9.17, 15) is 14.4 Å². The number of imide groups is 2. The molecular formula is C27H31N3O3. The summed E-state index contributed by atoms with van der Waals surface area (Å²) in [6.45, 7) is 4.29. The van der Waals surface area contributed by atoms with Gasteiger partial charge in [-0.05, 0) is 54.2 Å². The van der Waals surface area contributed by atoms with Crippen molar-refractivity contribution in [2.24, 2.45) is 0 Å². The Bertz CT molecular complexity index is 1060. The van der Waals surface area contributed by atoms with Crippen LogP contribution < -0.4 is 10.2 Å². The number of carbonyl (C=O) groups is 3. The quantitative estimate of drug-likeness (QED) is 0.364. The molecule has 0 aliphatic carbocycles. The van der Waals surface area contributed by atoms with Crippen LogP contribution in [0, 0.1) is 0 Å². The van der Waals surface area contributed by atoms with Crippen LogP contribution in [-0.2, 0) is 22.6 Å². The van der Waals surface area contributed by atoms with E-state index in [0.29, 0.717) is 6.54 Å². The third kappa shape index (κ3) is 5.33. The molecule has 2 heterocycles. The van der Waals surface area contributed by atoms with Gasteiger partial charge in [-0.2, -0.15) is 0 Å². The first kappa shape index (κ1) is 22.8. The summed E-state index contributed by atoms with van der Waals surface area (Å²) >= 11 is 0. The smallest absolute Gasteiger partial charge is 0.331 e. The molecular weight excluding hydrogens is 414 g/mol. The average Bonchev–Trinajstić information content (AvgIpc) is 2.82. The van der Waals surface area contributed by atoms with Gasteiger partial charge in [0.2, 0.25) is 0 Å². The highest BCUT2D eigenvalue weighted by Gasteiger charge is 2.35. The summed E-state index contributed by atoms with van der Waals surface area (Å²) < 4.78 is 0. The molecule has 2 aliphatic heterocycles. The molecule has 6 heteroatoms. The summed E-state index contributed by atoms with van der Waals surface area (Å²) in [4.78, 5) is 41.1. The zero-order chi connectivity index (χ0) is 23.2. The first-order chi connectivity index (χ1) is 16.1. The number of barbiturate groups is 1. The van der Waals surface area contributed by atoms with Gasteiger partial charge in [0.05, 0.1) is 0 Å². The topological polar surface area (TPSA) is 69.7 Å². The Kier molecular flexibility index (Phi) is 7.23. The third-order valence-corrected chi connectivity index (χ3v) is 6.27. The predicted octanol–water partition coefficient (Wildman–Crippen LogP) is 4.68. The Labute approximate surface area is 195 Å². The van der Waals surface area contributed by atoms with Crippen LogP contribution in [0.1, 0.15) is 55.7 Å². The second-order valence-electron chi connectivity index (χ2n) is 8.73. The fourth-order valence-electron chi connectivity index (χ4n) is 4.51. The van der Waals surface area contributed by atoms with Crippen molar-refractivity contribution in [3.63, 3.8) is 0 Å². The molecule has 4 amide bonds. The number of urea groups is 1. The number of amides is 4. The number of carbonyl (C=O) groups excluding carboxylic acids is 3. The fraction of sp³-hybridized carbons (Fsp3) is 0.370. The van der Waals surface area contributed by atoms with Crippen LogP contribution >= 0.6 is 0 Å². The van der Waals surface area contributed by atoms with Crippen molar-refractivity contribution in [1.29, 1.82) is 0 Å². The normalized spacial score (nSPS) is 17.4. The molecule has 4 rings (SSSR count). The number of nitrogens with one attached hydrogen (secondary N) is 1. The summed E-state index contributed by atoms with van der Waals surface area (Å²) in [6, 6.07) is 15.9. The lowest BCUT2D eigenvalue weighted by atomic mass is 9.97. The Morgan fingerprint density at radius 3 is 2.61 bits per heavy atom. The lowest BCUT2D eigenvalue weighted by Gasteiger charge is -2.32. The van der Waals surface area contributed by atoms with Gasteiger partial charge in [0.25, 0.3) is 11.8 Å². The van der Waals surface area contributed by atoms with Crippen LogP contribution in [0.5, 0.6) is 0 Å². The summed E-state index contributed by atoms with van der Waals surface area (Å²) in [5.41, 5.74) is 4.49. The second-order valence-corrected chi connectivity index (χ2v) is 8.73. The molecule has 0 saturated carbocycles. The van der Waals surface area contributed by atoms with Gasteiger partial charge < -0.3 is 4.90 Å². The van der Waals surface area contributed by atoms with Gasteiger partial charge in [-0.25, -0.2) is 4.79 Å². The van der Waals surface area contributed by atoms with Crippen molar-refractivity contribution in [2.45, 2.75) is 52.0 Å². The molecule has 0 spiro atoms. The monoisotopic (exact) mass is 445 g/mol. The standard InChI is InChI=1S/C27H31N3O3/c1-2-3-4-8-16-30-26(32)23(25(31)28-27(30)33)18-21-13-14-24-22(17-21)12-9-15-29(24)19-20-10-6-5-7-11-20/h5-7,10-11,13-14,17-18H,2-4,8-9,12,15-16,19H2,1H3,(H,28,31,33)/b23-18+. The van der Waals surface area contributed by atoms with E-state index in [-0.39, 0.29) is 5.57 Å². The van der Waals surface area contributed by atoms with Gasteiger partial charge >= 0.3 is 6.03 Å². The van der Waals surface area contributed by atoms with E-state index in [1.807, 2.05) is 12.1 Å². The van der Waals surface area contributed by atoms with E-state index in [0.717, 1.165) is 62.1 Å². The number of unbranched alkanes of at least 4 members (excludes halogenated alkanes) is 3. The van der Waals surface area contributed by atoms with Crippen molar-refractivity contribution in [3.8, 4) is 0 Å². The Morgan fingerprint density at radius 1 is 1.00 bits per heavy atom. The molecule has 0 radical (unpaired) electrons. The molecule has 0 atom stereocenters. The van der Waals surface area contributed by atoms with Crippen molar-refractivity contribution < 1.29 is 14.4 Å². The highest BCUT2D eigenvalue weighted by Crippen LogP contribution is 2.30. The van der Waals surface area contributed by atoms with Crippen molar-refractivity contribution in [3.05, 3.63) is 70.8 Å². The van der Waals surface area contributed by atoms with E-state index in [2.05, 4.69) is 53.5 Å². The number of fused-ring (bicyclic) bond motifs is 1. The minimum atomic E-state index is -0.627. The Hall–Kier alpha value is -3.41. The molecule has 172 valence electrons. The van der Waals surface area contributed by atoms with Gasteiger partial charge in [0.1, 0.15) is 5.57 Å². The molecule has 2 aliphatic rings. The fourth-order valence-corrected chi connectivity index (χ4v) is 4.51. The van der Waals surface area contributed by atoms with Crippen LogP contribution in [0.2, 0.25) is 0 Å². The number of hydrogen-bond acceptors (Lipinski definition) is 4.